The SMILES string of the molecule is CCn1ncnc1-c1c(C)ccc(C)c1C(=O)O. The molecule has 0 radical (unpaired) electrons. The summed E-state index contributed by atoms with van der Waals surface area (Å²) in [5.41, 5.74) is 2.58. The molecular formula is C13H15N3O2. The number of aryl methyl sites for hydroxylation is 3. The Balaban J connectivity index is 2.78. The molecule has 0 aliphatic rings. The van der Waals surface area contributed by atoms with Gasteiger partial charge in [0, 0.05) is 12.1 Å². The van der Waals surface area contributed by atoms with Crippen molar-refractivity contribution >= 4 is 5.97 Å². The van der Waals surface area contributed by atoms with Gasteiger partial charge in [0.05, 0.1) is 5.56 Å². The Labute approximate surface area is 105 Å². The summed E-state index contributed by atoms with van der Waals surface area (Å²) in [7, 11) is 0. The minimum Gasteiger partial charge on any atom is -0.478 e. The minimum absolute atomic E-state index is 0.303. The van der Waals surface area contributed by atoms with Crippen LogP contribution in [0.15, 0.2) is 18.5 Å². The maximum atomic E-state index is 11.4. The van der Waals surface area contributed by atoms with Crippen LogP contribution in [0, 0.1) is 13.8 Å². The van der Waals surface area contributed by atoms with Gasteiger partial charge in [0.15, 0.2) is 5.82 Å². The molecule has 0 amide bonds. The molecule has 18 heavy (non-hydrogen) atoms. The third-order valence-electron chi connectivity index (χ3n) is 2.97. The van der Waals surface area contributed by atoms with Gasteiger partial charge in [-0.1, -0.05) is 12.1 Å². The van der Waals surface area contributed by atoms with Crippen LogP contribution < -0.4 is 0 Å². The van der Waals surface area contributed by atoms with Crippen LogP contribution in [0.25, 0.3) is 11.4 Å². The van der Waals surface area contributed by atoms with Crippen molar-refractivity contribution < 1.29 is 9.90 Å². The summed E-state index contributed by atoms with van der Waals surface area (Å²) in [5.74, 6) is -0.326. The number of carbonyl (C=O) groups is 1. The van der Waals surface area contributed by atoms with Gasteiger partial charge in [-0.15, -0.1) is 0 Å². The van der Waals surface area contributed by atoms with E-state index in [1.807, 2.05) is 26.0 Å². The fourth-order valence-corrected chi connectivity index (χ4v) is 2.06. The van der Waals surface area contributed by atoms with E-state index in [1.54, 1.807) is 11.6 Å². The lowest BCUT2D eigenvalue weighted by Gasteiger charge is -2.12. The summed E-state index contributed by atoms with van der Waals surface area (Å²) < 4.78 is 1.70. The zero-order valence-electron chi connectivity index (χ0n) is 10.6. The van der Waals surface area contributed by atoms with Gasteiger partial charge in [0.1, 0.15) is 6.33 Å². The van der Waals surface area contributed by atoms with Gasteiger partial charge < -0.3 is 5.11 Å². The van der Waals surface area contributed by atoms with Gasteiger partial charge >= 0.3 is 5.97 Å². The Morgan fingerprint density at radius 3 is 2.61 bits per heavy atom. The first-order chi connectivity index (χ1) is 8.56. The van der Waals surface area contributed by atoms with E-state index in [1.165, 1.54) is 6.33 Å². The molecule has 0 aliphatic heterocycles. The summed E-state index contributed by atoms with van der Waals surface area (Å²) >= 11 is 0. The summed E-state index contributed by atoms with van der Waals surface area (Å²) in [6.45, 7) is 6.28. The van der Waals surface area contributed by atoms with E-state index in [2.05, 4.69) is 10.1 Å². The maximum absolute atomic E-state index is 11.4. The Bertz CT molecular complexity index is 602. The number of carboxylic acid groups (broad SMARTS) is 1. The van der Waals surface area contributed by atoms with Crippen LogP contribution in [0.5, 0.6) is 0 Å². The molecular weight excluding hydrogens is 230 g/mol. The first-order valence-corrected chi connectivity index (χ1v) is 5.78. The van der Waals surface area contributed by atoms with Crippen molar-refractivity contribution in [2.45, 2.75) is 27.3 Å². The molecule has 1 N–H and O–H groups in total. The topological polar surface area (TPSA) is 68.0 Å². The molecule has 0 fully saturated rings. The second-order valence-electron chi connectivity index (χ2n) is 4.15. The number of carboxylic acids is 1. The van der Waals surface area contributed by atoms with Crippen molar-refractivity contribution in [1.82, 2.24) is 14.8 Å². The molecule has 0 spiro atoms. The van der Waals surface area contributed by atoms with Gasteiger partial charge in [0.2, 0.25) is 0 Å². The zero-order valence-corrected chi connectivity index (χ0v) is 10.6. The number of hydrogen-bond acceptors (Lipinski definition) is 3. The average molecular weight is 245 g/mol. The monoisotopic (exact) mass is 245 g/mol. The lowest BCUT2D eigenvalue weighted by atomic mass is 9.96. The standard InChI is InChI=1S/C13H15N3O2/c1-4-16-12(14-7-15-16)10-8(2)5-6-9(3)11(10)13(17)18/h5-7H,4H2,1-3H3,(H,17,18). The van der Waals surface area contributed by atoms with Gasteiger partial charge in [-0.2, -0.15) is 5.10 Å². The third kappa shape index (κ3) is 1.88. The molecule has 0 atom stereocenters. The molecule has 2 rings (SSSR count). The molecule has 0 aliphatic carbocycles. The highest BCUT2D eigenvalue weighted by Gasteiger charge is 2.20. The number of nitrogens with zero attached hydrogens (tertiary/aromatic N) is 3. The van der Waals surface area contributed by atoms with Crippen molar-refractivity contribution in [3.05, 3.63) is 35.2 Å². The predicted molar refractivity (Wildman–Crippen MR) is 67.6 cm³/mol. The molecule has 1 heterocycles. The normalized spacial score (nSPS) is 10.6. The quantitative estimate of drug-likeness (QED) is 0.900. The number of aromatic carboxylic acids is 1. The van der Waals surface area contributed by atoms with E-state index >= 15 is 0 Å². The Morgan fingerprint density at radius 1 is 1.33 bits per heavy atom. The van der Waals surface area contributed by atoms with Crippen LogP contribution in [0.1, 0.15) is 28.4 Å². The van der Waals surface area contributed by atoms with Crippen LogP contribution >= 0.6 is 0 Å². The van der Waals surface area contributed by atoms with Crippen molar-refractivity contribution in [2.75, 3.05) is 0 Å². The van der Waals surface area contributed by atoms with E-state index in [0.29, 0.717) is 23.5 Å². The van der Waals surface area contributed by atoms with E-state index in [9.17, 15) is 9.90 Å². The van der Waals surface area contributed by atoms with Crippen molar-refractivity contribution in [2.24, 2.45) is 0 Å². The number of rotatable bonds is 3. The van der Waals surface area contributed by atoms with Crippen LogP contribution in [-0.4, -0.2) is 25.8 Å². The van der Waals surface area contributed by atoms with E-state index in [4.69, 9.17) is 0 Å². The van der Waals surface area contributed by atoms with Crippen LogP contribution in [0.4, 0.5) is 0 Å². The van der Waals surface area contributed by atoms with Crippen LogP contribution in [0.2, 0.25) is 0 Å². The van der Waals surface area contributed by atoms with Crippen molar-refractivity contribution in [3.8, 4) is 11.4 Å². The highest BCUT2D eigenvalue weighted by atomic mass is 16.4. The number of aromatic nitrogens is 3. The molecule has 1 aromatic carbocycles. The lowest BCUT2D eigenvalue weighted by molar-refractivity contribution is 0.0697. The van der Waals surface area contributed by atoms with E-state index < -0.39 is 5.97 Å². The smallest absolute Gasteiger partial charge is 0.336 e. The first-order valence-electron chi connectivity index (χ1n) is 5.78. The Hall–Kier alpha value is -2.17. The average Bonchev–Trinajstić information content (AvgIpc) is 2.79. The minimum atomic E-state index is -0.933. The number of hydrogen-bond donors (Lipinski definition) is 1. The zero-order chi connectivity index (χ0) is 13.3. The van der Waals surface area contributed by atoms with Gasteiger partial charge in [-0.3, -0.25) is 0 Å². The second kappa shape index (κ2) is 4.60. The molecule has 0 saturated heterocycles. The van der Waals surface area contributed by atoms with Gasteiger partial charge in [-0.05, 0) is 31.9 Å². The Kier molecular flexibility index (Phi) is 3.14. The van der Waals surface area contributed by atoms with Crippen LogP contribution in [-0.2, 0) is 6.54 Å². The first kappa shape index (κ1) is 12.3. The fraction of sp³-hybridized carbons (Fsp3) is 0.308. The molecule has 1 aromatic heterocycles. The highest BCUT2D eigenvalue weighted by Crippen LogP contribution is 2.28. The molecule has 0 saturated carbocycles. The summed E-state index contributed by atoms with van der Waals surface area (Å²) in [4.78, 5) is 15.6. The lowest BCUT2D eigenvalue weighted by Crippen LogP contribution is -2.08. The van der Waals surface area contributed by atoms with E-state index in [-0.39, 0.29) is 0 Å². The van der Waals surface area contributed by atoms with Crippen molar-refractivity contribution in [3.63, 3.8) is 0 Å². The Morgan fingerprint density at radius 2 is 2.00 bits per heavy atom. The predicted octanol–water partition coefficient (Wildman–Crippen LogP) is 2.28. The molecule has 0 bridgehead atoms. The number of benzene rings is 1. The molecule has 5 heteroatoms. The van der Waals surface area contributed by atoms with Gasteiger partial charge in [0.25, 0.3) is 0 Å². The van der Waals surface area contributed by atoms with Crippen molar-refractivity contribution in [1.29, 1.82) is 0 Å². The molecule has 0 unspecified atom stereocenters. The molecule has 2 aromatic rings. The second-order valence-corrected chi connectivity index (χ2v) is 4.15. The summed E-state index contributed by atoms with van der Waals surface area (Å²) in [5, 5.41) is 13.5. The van der Waals surface area contributed by atoms with Crippen LogP contribution in [0.3, 0.4) is 0 Å². The summed E-state index contributed by atoms with van der Waals surface area (Å²) in [6, 6.07) is 3.72. The molecule has 5 nitrogen and oxygen atoms in total. The van der Waals surface area contributed by atoms with Gasteiger partial charge in [-0.25, -0.2) is 14.5 Å². The molecule has 94 valence electrons. The fourth-order valence-electron chi connectivity index (χ4n) is 2.06. The van der Waals surface area contributed by atoms with E-state index in [0.717, 1.165) is 11.1 Å². The highest BCUT2D eigenvalue weighted by molar-refractivity contribution is 5.97. The summed E-state index contributed by atoms with van der Waals surface area (Å²) in [6.07, 6.45) is 1.45. The largest absolute Gasteiger partial charge is 0.478 e. The third-order valence-corrected chi connectivity index (χ3v) is 2.97. The maximum Gasteiger partial charge on any atom is 0.336 e.